The summed E-state index contributed by atoms with van der Waals surface area (Å²) in [6.45, 7) is 4.96. The second-order valence-electron chi connectivity index (χ2n) is 5.65. The van der Waals surface area contributed by atoms with Gasteiger partial charge in [-0.05, 0) is 38.3 Å². The maximum Gasteiger partial charge on any atom is 0.252 e. The highest BCUT2D eigenvalue weighted by Crippen LogP contribution is 2.29. The van der Waals surface area contributed by atoms with Crippen molar-refractivity contribution in [2.45, 2.75) is 49.5 Å². The monoisotopic (exact) mass is 332 g/mol. The zero-order valence-electron chi connectivity index (χ0n) is 13.0. The summed E-state index contributed by atoms with van der Waals surface area (Å²) in [6, 6.07) is 2.21. The molecule has 0 spiro atoms. The molecule has 1 N–H and O–H groups in total. The first-order valence-corrected chi connectivity index (χ1v) is 9.41. The molecular weight excluding hydrogens is 308 g/mol. The van der Waals surface area contributed by atoms with E-state index < -0.39 is 10.0 Å². The molecule has 0 aromatic carbocycles. The van der Waals surface area contributed by atoms with E-state index in [-0.39, 0.29) is 6.04 Å². The average Bonchev–Trinajstić information content (AvgIpc) is 3.18. The Hall–Kier alpha value is -0.470. The second kappa shape index (κ2) is 6.75. The van der Waals surface area contributed by atoms with Crippen LogP contribution in [-0.4, -0.2) is 45.6 Å². The molecule has 0 radical (unpaired) electrons. The molecule has 21 heavy (non-hydrogen) atoms. The number of ether oxygens (including phenoxy) is 1. The molecular formula is C14H24N2O3S2. The first-order chi connectivity index (χ1) is 9.86. The fraction of sp³-hybridized carbons (Fsp3) is 0.714. The zero-order chi connectivity index (χ0) is 15.6. The highest BCUT2D eigenvalue weighted by molar-refractivity contribution is 7.91. The van der Waals surface area contributed by atoms with Crippen LogP contribution < -0.4 is 5.32 Å². The number of methoxy groups -OCH3 is 1. The summed E-state index contributed by atoms with van der Waals surface area (Å²) in [5, 5.41) is 3.43. The average molecular weight is 332 g/mol. The van der Waals surface area contributed by atoms with Crippen molar-refractivity contribution in [2.75, 3.05) is 20.8 Å². The highest BCUT2D eigenvalue weighted by atomic mass is 32.2. The summed E-state index contributed by atoms with van der Waals surface area (Å²) in [7, 11) is -0.256. The van der Waals surface area contributed by atoms with E-state index >= 15 is 0 Å². The number of likely N-dealkylation sites (N-methyl/N-ethyl adjacent to an activating group) is 1. The Morgan fingerprint density at radius 2 is 2.19 bits per heavy atom. The third kappa shape index (κ3) is 4.04. The van der Waals surface area contributed by atoms with Gasteiger partial charge in [0.05, 0.1) is 6.61 Å². The summed E-state index contributed by atoms with van der Waals surface area (Å²) in [6.07, 6.45) is 2.46. The van der Waals surface area contributed by atoms with Crippen LogP contribution in [0.5, 0.6) is 0 Å². The summed E-state index contributed by atoms with van der Waals surface area (Å²) in [5.74, 6) is 0. The van der Waals surface area contributed by atoms with E-state index in [4.69, 9.17) is 4.74 Å². The predicted octanol–water partition coefficient (Wildman–Crippen LogP) is 1.96. The van der Waals surface area contributed by atoms with Gasteiger partial charge in [0, 0.05) is 37.7 Å². The molecule has 1 aromatic rings. The number of nitrogens with one attached hydrogen (secondary N) is 1. The molecule has 1 fully saturated rings. The summed E-state index contributed by atoms with van der Waals surface area (Å²) >= 11 is 1.37. The molecule has 1 atom stereocenters. The van der Waals surface area contributed by atoms with E-state index in [1.165, 1.54) is 28.5 Å². The molecule has 0 amide bonds. The Morgan fingerprint density at radius 1 is 1.52 bits per heavy atom. The zero-order valence-corrected chi connectivity index (χ0v) is 14.7. The Kier molecular flexibility index (Phi) is 5.43. The Balaban J connectivity index is 2.13. The fourth-order valence-corrected chi connectivity index (χ4v) is 5.11. The summed E-state index contributed by atoms with van der Waals surface area (Å²) < 4.78 is 32.1. The van der Waals surface area contributed by atoms with E-state index in [2.05, 4.69) is 5.32 Å². The minimum Gasteiger partial charge on any atom is -0.383 e. The highest BCUT2D eigenvalue weighted by Gasteiger charge is 2.28. The lowest BCUT2D eigenvalue weighted by Gasteiger charge is -2.22. The molecule has 5 nitrogen and oxygen atoms in total. The van der Waals surface area contributed by atoms with Gasteiger partial charge in [-0.1, -0.05) is 0 Å². The molecule has 1 heterocycles. The van der Waals surface area contributed by atoms with E-state index in [1.807, 2.05) is 13.8 Å². The van der Waals surface area contributed by atoms with Crippen molar-refractivity contribution in [2.24, 2.45) is 0 Å². The minimum atomic E-state index is -3.44. The number of rotatable bonds is 8. The van der Waals surface area contributed by atoms with Crippen LogP contribution >= 0.6 is 11.3 Å². The van der Waals surface area contributed by atoms with E-state index in [1.54, 1.807) is 20.2 Å². The van der Waals surface area contributed by atoms with Crippen LogP contribution in [0.2, 0.25) is 0 Å². The van der Waals surface area contributed by atoms with Crippen molar-refractivity contribution >= 4 is 21.4 Å². The van der Waals surface area contributed by atoms with Crippen LogP contribution in [0.15, 0.2) is 10.3 Å². The predicted molar refractivity (Wildman–Crippen MR) is 85.2 cm³/mol. The normalized spacial score (nSPS) is 17.4. The molecule has 1 saturated carbocycles. The van der Waals surface area contributed by atoms with E-state index in [0.717, 1.165) is 17.0 Å². The Bertz CT molecular complexity index is 579. The van der Waals surface area contributed by atoms with Crippen LogP contribution in [0, 0.1) is 6.92 Å². The van der Waals surface area contributed by atoms with Gasteiger partial charge in [-0.15, -0.1) is 11.3 Å². The number of aryl methyl sites for hydroxylation is 1. The molecule has 1 aromatic heterocycles. The molecule has 0 aliphatic heterocycles. The van der Waals surface area contributed by atoms with Gasteiger partial charge in [-0.3, -0.25) is 0 Å². The number of nitrogens with zero attached hydrogens (tertiary/aromatic N) is 1. The molecule has 2 rings (SSSR count). The fourth-order valence-electron chi connectivity index (χ4n) is 2.04. The number of sulfonamides is 1. The molecule has 0 bridgehead atoms. The number of hydrogen-bond acceptors (Lipinski definition) is 5. The molecule has 0 saturated heterocycles. The van der Waals surface area contributed by atoms with Crippen LogP contribution in [0.25, 0.3) is 0 Å². The molecule has 7 heteroatoms. The van der Waals surface area contributed by atoms with E-state index in [0.29, 0.717) is 16.9 Å². The topological polar surface area (TPSA) is 58.6 Å². The van der Waals surface area contributed by atoms with Gasteiger partial charge < -0.3 is 10.1 Å². The van der Waals surface area contributed by atoms with Crippen molar-refractivity contribution < 1.29 is 13.2 Å². The van der Waals surface area contributed by atoms with Crippen molar-refractivity contribution in [3.8, 4) is 0 Å². The smallest absolute Gasteiger partial charge is 0.252 e. The van der Waals surface area contributed by atoms with Gasteiger partial charge in [-0.2, -0.15) is 4.31 Å². The van der Waals surface area contributed by atoms with Crippen LogP contribution in [0.1, 0.15) is 30.2 Å². The maximum absolute atomic E-state index is 12.6. The maximum atomic E-state index is 12.6. The quantitative estimate of drug-likeness (QED) is 0.791. The van der Waals surface area contributed by atoms with Crippen LogP contribution in [0.3, 0.4) is 0 Å². The van der Waals surface area contributed by atoms with Gasteiger partial charge in [0.25, 0.3) is 10.0 Å². The van der Waals surface area contributed by atoms with Crippen LogP contribution in [-0.2, 0) is 21.3 Å². The van der Waals surface area contributed by atoms with Gasteiger partial charge in [0.15, 0.2) is 0 Å². The first-order valence-electron chi connectivity index (χ1n) is 7.16. The summed E-state index contributed by atoms with van der Waals surface area (Å²) in [5.41, 5.74) is 1.04. The van der Waals surface area contributed by atoms with Crippen molar-refractivity contribution in [3.05, 3.63) is 16.5 Å². The standard InChI is InChI=1S/C14H24N2O3S2/c1-10-7-14(20-13(10)8-15-12-5-6-12)21(17,18)16(3)11(2)9-19-4/h7,11-12,15H,5-6,8-9H2,1-4H3. The van der Waals surface area contributed by atoms with Gasteiger partial charge in [0.2, 0.25) is 0 Å². The Labute approximate surface area is 131 Å². The number of hydrogen-bond donors (Lipinski definition) is 1. The molecule has 1 aliphatic carbocycles. The van der Waals surface area contributed by atoms with Crippen molar-refractivity contribution in [3.63, 3.8) is 0 Å². The third-order valence-electron chi connectivity index (χ3n) is 3.79. The number of thiophene rings is 1. The molecule has 1 aliphatic rings. The van der Waals surface area contributed by atoms with Gasteiger partial charge in [-0.25, -0.2) is 8.42 Å². The van der Waals surface area contributed by atoms with Crippen LogP contribution in [0.4, 0.5) is 0 Å². The third-order valence-corrected chi connectivity index (χ3v) is 7.45. The van der Waals surface area contributed by atoms with E-state index in [9.17, 15) is 8.42 Å². The lowest BCUT2D eigenvalue weighted by Crippen LogP contribution is -2.37. The molecule has 120 valence electrons. The van der Waals surface area contributed by atoms with Crippen molar-refractivity contribution in [1.29, 1.82) is 0 Å². The summed E-state index contributed by atoms with van der Waals surface area (Å²) in [4.78, 5) is 1.10. The Morgan fingerprint density at radius 3 is 2.76 bits per heavy atom. The SMILES string of the molecule is COCC(C)N(C)S(=O)(=O)c1cc(C)c(CNC2CC2)s1. The second-order valence-corrected chi connectivity index (χ2v) is 9.01. The lowest BCUT2D eigenvalue weighted by molar-refractivity contribution is 0.149. The molecule has 1 unspecified atom stereocenters. The first kappa shape index (κ1) is 16.9. The van der Waals surface area contributed by atoms with Gasteiger partial charge >= 0.3 is 0 Å². The van der Waals surface area contributed by atoms with Gasteiger partial charge in [0.1, 0.15) is 4.21 Å². The van der Waals surface area contributed by atoms with Crippen molar-refractivity contribution in [1.82, 2.24) is 9.62 Å². The minimum absolute atomic E-state index is 0.185. The lowest BCUT2D eigenvalue weighted by atomic mass is 10.3. The largest absolute Gasteiger partial charge is 0.383 e.